The first-order valence-electron chi connectivity index (χ1n) is 7.77. The zero-order chi connectivity index (χ0) is 17.2. The minimum atomic E-state index is -0.199. The molecule has 5 nitrogen and oxygen atoms in total. The van der Waals surface area contributed by atoms with Gasteiger partial charge in [-0.2, -0.15) is 0 Å². The smallest absolute Gasteiger partial charge is 0.251 e. The Balaban J connectivity index is 2.76. The second kappa shape index (κ2) is 10.3. The van der Waals surface area contributed by atoms with Crippen LogP contribution < -0.4 is 14.8 Å². The van der Waals surface area contributed by atoms with Gasteiger partial charge in [0.15, 0.2) is 11.5 Å². The third-order valence-corrected chi connectivity index (χ3v) is 3.52. The molecule has 1 aromatic carbocycles. The van der Waals surface area contributed by atoms with Crippen LogP contribution in [0, 0.1) is 5.92 Å². The van der Waals surface area contributed by atoms with Crippen LogP contribution in [0.4, 0.5) is 0 Å². The molecule has 0 saturated heterocycles. The van der Waals surface area contributed by atoms with Crippen LogP contribution in [-0.4, -0.2) is 39.9 Å². The fraction of sp³-hybridized carbons (Fsp3) is 0.588. The van der Waals surface area contributed by atoms with Crippen LogP contribution in [0.2, 0.25) is 5.02 Å². The van der Waals surface area contributed by atoms with E-state index in [1.165, 1.54) is 7.11 Å². The number of amides is 1. The lowest BCUT2D eigenvalue weighted by Gasteiger charge is -2.15. The van der Waals surface area contributed by atoms with Gasteiger partial charge in [-0.15, -0.1) is 0 Å². The third kappa shape index (κ3) is 6.67. The van der Waals surface area contributed by atoms with Gasteiger partial charge < -0.3 is 19.5 Å². The summed E-state index contributed by atoms with van der Waals surface area (Å²) in [7, 11) is 3.16. The molecule has 0 aliphatic carbocycles. The molecule has 0 aliphatic heterocycles. The zero-order valence-corrected chi connectivity index (χ0v) is 15.0. The zero-order valence-electron chi connectivity index (χ0n) is 14.3. The Morgan fingerprint density at radius 3 is 2.61 bits per heavy atom. The van der Waals surface area contributed by atoms with Gasteiger partial charge in [-0.3, -0.25) is 4.79 Å². The lowest BCUT2D eigenvalue weighted by molar-refractivity contribution is 0.0948. The summed E-state index contributed by atoms with van der Waals surface area (Å²) in [5, 5.41) is 3.19. The van der Waals surface area contributed by atoms with E-state index in [-0.39, 0.29) is 5.91 Å². The number of halogens is 1. The molecule has 23 heavy (non-hydrogen) atoms. The van der Waals surface area contributed by atoms with Gasteiger partial charge in [-0.25, -0.2) is 0 Å². The first kappa shape index (κ1) is 19.6. The molecule has 1 rings (SSSR count). The minimum absolute atomic E-state index is 0.199. The first-order valence-corrected chi connectivity index (χ1v) is 8.14. The number of rotatable bonds is 10. The van der Waals surface area contributed by atoms with Crippen molar-refractivity contribution >= 4 is 17.5 Å². The quantitative estimate of drug-likeness (QED) is 0.660. The number of methoxy groups -OCH3 is 2. The maximum Gasteiger partial charge on any atom is 0.251 e. The Morgan fingerprint density at radius 2 is 2.00 bits per heavy atom. The van der Waals surface area contributed by atoms with Crippen molar-refractivity contribution in [1.29, 1.82) is 0 Å². The van der Waals surface area contributed by atoms with Gasteiger partial charge in [0, 0.05) is 25.8 Å². The fourth-order valence-electron chi connectivity index (χ4n) is 1.91. The molecule has 0 radical (unpaired) electrons. The summed E-state index contributed by atoms with van der Waals surface area (Å²) in [4.78, 5) is 12.1. The van der Waals surface area contributed by atoms with Crippen LogP contribution in [0.25, 0.3) is 0 Å². The van der Waals surface area contributed by atoms with E-state index < -0.39 is 0 Å². The molecule has 1 aromatic rings. The number of carbonyl (C=O) groups is 1. The average molecular weight is 344 g/mol. The number of hydrogen-bond acceptors (Lipinski definition) is 4. The molecule has 0 atom stereocenters. The molecular formula is C17H26ClNO4. The second-order valence-corrected chi connectivity index (χ2v) is 6.03. The molecule has 1 N–H and O–H groups in total. The number of carbonyl (C=O) groups excluding carboxylic acids is 1. The molecule has 0 aliphatic rings. The van der Waals surface area contributed by atoms with Crippen LogP contribution >= 0.6 is 11.6 Å². The maximum absolute atomic E-state index is 12.1. The lowest BCUT2D eigenvalue weighted by Crippen LogP contribution is -2.25. The van der Waals surface area contributed by atoms with Gasteiger partial charge in [-0.1, -0.05) is 25.4 Å². The molecule has 0 spiro atoms. The van der Waals surface area contributed by atoms with Crippen molar-refractivity contribution in [2.45, 2.75) is 26.7 Å². The summed E-state index contributed by atoms with van der Waals surface area (Å²) in [6.45, 7) is 5.95. The number of benzene rings is 1. The predicted octanol–water partition coefficient (Wildman–Crippen LogP) is 3.54. The van der Waals surface area contributed by atoms with Crippen molar-refractivity contribution in [1.82, 2.24) is 5.32 Å². The summed E-state index contributed by atoms with van der Waals surface area (Å²) in [5.74, 6) is 1.28. The van der Waals surface area contributed by atoms with E-state index in [1.54, 1.807) is 19.2 Å². The van der Waals surface area contributed by atoms with Crippen molar-refractivity contribution in [3.05, 3.63) is 22.7 Å². The normalized spacial score (nSPS) is 10.7. The third-order valence-electron chi connectivity index (χ3n) is 3.24. The van der Waals surface area contributed by atoms with Gasteiger partial charge in [-0.05, 0) is 30.9 Å². The van der Waals surface area contributed by atoms with Gasteiger partial charge >= 0.3 is 0 Å². The van der Waals surface area contributed by atoms with E-state index in [1.807, 2.05) is 0 Å². The van der Waals surface area contributed by atoms with Crippen molar-refractivity contribution in [2.75, 3.05) is 34.0 Å². The summed E-state index contributed by atoms with van der Waals surface area (Å²) < 4.78 is 16.0. The highest BCUT2D eigenvalue weighted by Gasteiger charge is 2.16. The average Bonchev–Trinajstić information content (AvgIpc) is 2.52. The summed E-state index contributed by atoms with van der Waals surface area (Å²) in [6, 6.07) is 3.24. The van der Waals surface area contributed by atoms with E-state index in [2.05, 4.69) is 19.2 Å². The molecule has 1 amide bonds. The molecule has 130 valence electrons. The number of ether oxygens (including phenoxy) is 3. The molecule has 0 saturated carbocycles. The number of hydrogen-bond donors (Lipinski definition) is 1. The van der Waals surface area contributed by atoms with Crippen molar-refractivity contribution < 1.29 is 19.0 Å². The Morgan fingerprint density at radius 1 is 1.26 bits per heavy atom. The van der Waals surface area contributed by atoms with E-state index in [9.17, 15) is 4.79 Å². The summed E-state index contributed by atoms with van der Waals surface area (Å²) >= 11 is 6.25. The van der Waals surface area contributed by atoms with Crippen molar-refractivity contribution in [2.24, 2.45) is 5.92 Å². The van der Waals surface area contributed by atoms with E-state index in [0.29, 0.717) is 47.8 Å². The molecule has 6 heteroatoms. The topological polar surface area (TPSA) is 56.8 Å². The SMILES string of the molecule is COCCCNC(=O)c1cc(Cl)c(OCCC(C)C)c(OC)c1. The molecular weight excluding hydrogens is 318 g/mol. The standard InChI is InChI=1S/C17H26ClNO4/c1-12(2)6-9-23-16-14(18)10-13(11-15(16)22-4)17(20)19-7-5-8-21-3/h10-12H,5-9H2,1-4H3,(H,19,20). The summed E-state index contributed by atoms with van der Waals surface area (Å²) in [5.41, 5.74) is 0.445. The van der Waals surface area contributed by atoms with E-state index in [0.717, 1.165) is 12.8 Å². The van der Waals surface area contributed by atoms with Gasteiger partial charge in [0.25, 0.3) is 5.91 Å². The highest BCUT2D eigenvalue weighted by atomic mass is 35.5. The monoisotopic (exact) mass is 343 g/mol. The Labute approximate surface area is 143 Å². The molecule has 0 bridgehead atoms. The van der Waals surface area contributed by atoms with Gasteiger partial charge in [0.05, 0.1) is 18.7 Å². The van der Waals surface area contributed by atoms with Crippen LogP contribution in [0.15, 0.2) is 12.1 Å². The Hall–Kier alpha value is -1.46. The van der Waals surface area contributed by atoms with Gasteiger partial charge in [0.2, 0.25) is 0 Å². The van der Waals surface area contributed by atoms with Crippen molar-refractivity contribution in [3.63, 3.8) is 0 Å². The number of nitrogens with one attached hydrogen (secondary N) is 1. The second-order valence-electron chi connectivity index (χ2n) is 5.62. The first-order chi connectivity index (χ1) is 11.0. The van der Waals surface area contributed by atoms with Crippen molar-refractivity contribution in [3.8, 4) is 11.5 Å². The highest BCUT2D eigenvalue weighted by molar-refractivity contribution is 6.32. The lowest BCUT2D eigenvalue weighted by atomic mass is 10.1. The molecule has 0 fully saturated rings. The van der Waals surface area contributed by atoms with E-state index in [4.69, 9.17) is 25.8 Å². The van der Waals surface area contributed by atoms with Gasteiger partial charge in [0.1, 0.15) is 0 Å². The van der Waals surface area contributed by atoms with Crippen LogP contribution in [0.3, 0.4) is 0 Å². The highest BCUT2D eigenvalue weighted by Crippen LogP contribution is 2.36. The van der Waals surface area contributed by atoms with Crippen LogP contribution in [0.5, 0.6) is 11.5 Å². The molecule has 0 aromatic heterocycles. The Bertz CT molecular complexity index is 506. The fourth-order valence-corrected chi connectivity index (χ4v) is 2.17. The summed E-state index contributed by atoms with van der Waals surface area (Å²) in [6.07, 6.45) is 1.67. The molecule has 0 heterocycles. The predicted molar refractivity (Wildman–Crippen MR) is 91.8 cm³/mol. The minimum Gasteiger partial charge on any atom is -0.493 e. The van der Waals surface area contributed by atoms with E-state index >= 15 is 0 Å². The van der Waals surface area contributed by atoms with Crippen LogP contribution in [-0.2, 0) is 4.74 Å². The van der Waals surface area contributed by atoms with Crippen LogP contribution in [0.1, 0.15) is 37.0 Å². The maximum atomic E-state index is 12.1. The molecule has 0 unspecified atom stereocenters. The largest absolute Gasteiger partial charge is 0.493 e. The Kier molecular flexibility index (Phi) is 8.81.